The lowest BCUT2D eigenvalue weighted by Gasteiger charge is -2.20. The first-order valence-corrected chi connectivity index (χ1v) is 6.54. The normalized spacial score (nSPS) is 13.5. The summed E-state index contributed by atoms with van der Waals surface area (Å²) in [6.45, 7) is 4.56. The fourth-order valence-electron chi connectivity index (χ4n) is 2.03. The first-order chi connectivity index (χ1) is 8.79. The highest BCUT2D eigenvalue weighted by Gasteiger charge is 2.15. The van der Waals surface area contributed by atoms with E-state index in [1.165, 1.54) is 12.8 Å². The molecule has 1 heterocycles. The van der Waals surface area contributed by atoms with Crippen molar-refractivity contribution in [3.63, 3.8) is 0 Å². The maximum absolute atomic E-state index is 12.0. The number of hydrogen-bond acceptors (Lipinski definition) is 3. The SMILES string of the molecule is CCCCN1C=CN(CC(=O)c2ccccc2)C1.Cl. The molecule has 0 fully saturated rings. The lowest BCUT2D eigenvalue weighted by atomic mass is 10.1. The van der Waals surface area contributed by atoms with E-state index in [2.05, 4.69) is 22.9 Å². The molecule has 1 aliphatic rings. The van der Waals surface area contributed by atoms with E-state index in [9.17, 15) is 4.79 Å². The Hall–Kier alpha value is -1.48. The van der Waals surface area contributed by atoms with Crippen LogP contribution < -0.4 is 0 Å². The zero-order valence-electron chi connectivity index (χ0n) is 11.3. The molecule has 0 aromatic heterocycles. The van der Waals surface area contributed by atoms with Gasteiger partial charge in [0.05, 0.1) is 13.2 Å². The summed E-state index contributed by atoms with van der Waals surface area (Å²) in [5.41, 5.74) is 0.790. The number of nitrogens with zero attached hydrogens (tertiary/aromatic N) is 2. The first-order valence-electron chi connectivity index (χ1n) is 6.54. The Labute approximate surface area is 121 Å². The molecule has 3 nitrogen and oxygen atoms in total. The van der Waals surface area contributed by atoms with Crippen LogP contribution in [-0.2, 0) is 0 Å². The van der Waals surface area contributed by atoms with Crippen molar-refractivity contribution in [1.29, 1.82) is 0 Å². The summed E-state index contributed by atoms with van der Waals surface area (Å²) >= 11 is 0. The third kappa shape index (κ3) is 4.60. The predicted octanol–water partition coefficient (Wildman–Crippen LogP) is 3.14. The molecule has 0 aliphatic carbocycles. The molecule has 2 rings (SSSR count). The van der Waals surface area contributed by atoms with Crippen LogP contribution in [0.2, 0.25) is 0 Å². The van der Waals surface area contributed by atoms with Crippen LogP contribution in [0.25, 0.3) is 0 Å². The fourth-order valence-corrected chi connectivity index (χ4v) is 2.03. The van der Waals surface area contributed by atoms with Gasteiger partial charge in [0.15, 0.2) is 5.78 Å². The summed E-state index contributed by atoms with van der Waals surface area (Å²) < 4.78 is 0. The van der Waals surface area contributed by atoms with E-state index in [0.29, 0.717) is 6.54 Å². The smallest absolute Gasteiger partial charge is 0.182 e. The summed E-state index contributed by atoms with van der Waals surface area (Å²) in [6, 6.07) is 9.48. The van der Waals surface area contributed by atoms with Gasteiger partial charge < -0.3 is 9.80 Å². The second-order valence-electron chi connectivity index (χ2n) is 4.64. The summed E-state index contributed by atoms with van der Waals surface area (Å²) in [4.78, 5) is 16.3. The Balaban J connectivity index is 0.00000180. The quantitative estimate of drug-likeness (QED) is 0.748. The van der Waals surface area contributed by atoms with Gasteiger partial charge in [-0.3, -0.25) is 4.79 Å². The summed E-state index contributed by atoms with van der Waals surface area (Å²) in [6.07, 6.45) is 6.49. The number of carbonyl (C=O) groups excluding carboxylic acids is 1. The molecule has 0 N–H and O–H groups in total. The van der Waals surface area contributed by atoms with Crippen molar-refractivity contribution in [1.82, 2.24) is 9.80 Å². The second-order valence-corrected chi connectivity index (χ2v) is 4.64. The number of Topliss-reactive ketones (excluding diaryl/α,β-unsaturated/α-hetero) is 1. The first kappa shape index (κ1) is 15.6. The highest BCUT2D eigenvalue weighted by molar-refractivity contribution is 5.97. The Kier molecular flexibility index (Phi) is 6.43. The van der Waals surface area contributed by atoms with Crippen molar-refractivity contribution in [3.05, 3.63) is 48.3 Å². The van der Waals surface area contributed by atoms with Gasteiger partial charge in [0.1, 0.15) is 0 Å². The lowest BCUT2D eigenvalue weighted by molar-refractivity contribution is 0.0945. The molecule has 0 spiro atoms. The molecular formula is C15H21ClN2O. The largest absolute Gasteiger partial charge is 0.359 e. The van der Waals surface area contributed by atoms with Crippen molar-refractivity contribution >= 4 is 18.2 Å². The Morgan fingerprint density at radius 2 is 1.84 bits per heavy atom. The minimum Gasteiger partial charge on any atom is -0.359 e. The monoisotopic (exact) mass is 280 g/mol. The third-order valence-corrected chi connectivity index (χ3v) is 3.09. The number of carbonyl (C=O) groups is 1. The van der Waals surface area contributed by atoms with Crippen LogP contribution in [0.4, 0.5) is 0 Å². The maximum Gasteiger partial charge on any atom is 0.182 e. The average molecular weight is 281 g/mol. The Bertz CT molecular complexity index is 419. The lowest BCUT2D eigenvalue weighted by Crippen LogP contribution is -2.30. The number of hydrogen-bond donors (Lipinski definition) is 0. The van der Waals surface area contributed by atoms with Crippen LogP contribution in [0.5, 0.6) is 0 Å². The van der Waals surface area contributed by atoms with E-state index in [1.54, 1.807) is 0 Å². The van der Waals surface area contributed by atoms with Crippen LogP contribution in [0.3, 0.4) is 0 Å². The van der Waals surface area contributed by atoms with E-state index in [4.69, 9.17) is 0 Å². The highest BCUT2D eigenvalue weighted by atomic mass is 35.5. The van der Waals surface area contributed by atoms with E-state index in [0.717, 1.165) is 18.8 Å². The number of benzene rings is 1. The van der Waals surface area contributed by atoms with Gasteiger partial charge in [0, 0.05) is 24.5 Å². The van der Waals surface area contributed by atoms with Crippen LogP contribution in [0.1, 0.15) is 30.1 Å². The summed E-state index contributed by atoms with van der Waals surface area (Å²) in [7, 11) is 0. The molecule has 0 saturated heterocycles. The zero-order chi connectivity index (χ0) is 12.8. The summed E-state index contributed by atoms with van der Waals surface area (Å²) in [5.74, 6) is 0.178. The van der Waals surface area contributed by atoms with Crippen LogP contribution >= 0.6 is 12.4 Å². The number of halogens is 1. The molecule has 104 valence electrons. The molecule has 19 heavy (non-hydrogen) atoms. The minimum absolute atomic E-state index is 0. The minimum atomic E-state index is 0. The molecule has 1 aromatic rings. The van der Waals surface area contributed by atoms with Gasteiger partial charge >= 0.3 is 0 Å². The molecular weight excluding hydrogens is 260 g/mol. The topological polar surface area (TPSA) is 23.6 Å². The summed E-state index contributed by atoms with van der Waals surface area (Å²) in [5, 5.41) is 0. The third-order valence-electron chi connectivity index (χ3n) is 3.09. The van der Waals surface area contributed by atoms with Crippen molar-refractivity contribution in [2.75, 3.05) is 19.8 Å². The van der Waals surface area contributed by atoms with Gasteiger partial charge in [0.25, 0.3) is 0 Å². The molecule has 1 aromatic carbocycles. The van der Waals surface area contributed by atoms with Gasteiger partial charge in [-0.05, 0) is 6.42 Å². The molecule has 0 unspecified atom stereocenters. The van der Waals surface area contributed by atoms with E-state index >= 15 is 0 Å². The van der Waals surface area contributed by atoms with Gasteiger partial charge in [-0.1, -0.05) is 43.7 Å². The highest BCUT2D eigenvalue weighted by Crippen LogP contribution is 2.09. The molecule has 4 heteroatoms. The predicted molar refractivity (Wildman–Crippen MR) is 80.3 cm³/mol. The number of ketones is 1. The number of unbranched alkanes of at least 4 members (excludes halogenated alkanes) is 1. The standard InChI is InChI=1S/C15H20N2O.ClH/c1-2-3-9-16-10-11-17(13-16)12-15(18)14-7-5-4-6-8-14;/h4-8,10-11H,2-3,9,12-13H2,1H3;1H. The Morgan fingerprint density at radius 1 is 1.16 bits per heavy atom. The van der Waals surface area contributed by atoms with Gasteiger partial charge in [-0.15, -0.1) is 12.4 Å². The average Bonchev–Trinajstić information content (AvgIpc) is 2.85. The van der Waals surface area contributed by atoms with Crippen LogP contribution in [-0.4, -0.2) is 35.3 Å². The van der Waals surface area contributed by atoms with E-state index < -0.39 is 0 Å². The van der Waals surface area contributed by atoms with Gasteiger partial charge in [-0.25, -0.2) is 0 Å². The van der Waals surface area contributed by atoms with E-state index in [1.807, 2.05) is 36.5 Å². The second kappa shape index (κ2) is 7.85. The van der Waals surface area contributed by atoms with Crippen LogP contribution in [0.15, 0.2) is 42.7 Å². The molecule has 0 atom stereocenters. The molecule has 0 bridgehead atoms. The zero-order valence-corrected chi connectivity index (χ0v) is 12.1. The molecule has 0 radical (unpaired) electrons. The van der Waals surface area contributed by atoms with Crippen molar-refractivity contribution < 1.29 is 4.79 Å². The van der Waals surface area contributed by atoms with Gasteiger partial charge in [0.2, 0.25) is 0 Å². The Morgan fingerprint density at radius 3 is 2.53 bits per heavy atom. The fraction of sp³-hybridized carbons (Fsp3) is 0.400. The van der Waals surface area contributed by atoms with Gasteiger partial charge in [-0.2, -0.15) is 0 Å². The van der Waals surface area contributed by atoms with E-state index in [-0.39, 0.29) is 18.2 Å². The number of rotatable bonds is 6. The maximum atomic E-state index is 12.0. The molecule has 0 amide bonds. The van der Waals surface area contributed by atoms with Crippen molar-refractivity contribution in [2.24, 2.45) is 0 Å². The molecule has 0 saturated carbocycles. The van der Waals surface area contributed by atoms with Crippen molar-refractivity contribution in [2.45, 2.75) is 19.8 Å². The van der Waals surface area contributed by atoms with Crippen molar-refractivity contribution in [3.8, 4) is 0 Å². The molecule has 1 aliphatic heterocycles. The van der Waals surface area contributed by atoms with Crippen LogP contribution in [0, 0.1) is 0 Å².